The van der Waals surface area contributed by atoms with Gasteiger partial charge in [-0.1, -0.05) is 30.3 Å². The summed E-state index contributed by atoms with van der Waals surface area (Å²) in [7, 11) is 0. The molecular formula is C25H18FN5O4. The minimum Gasteiger partial charge on any atom is -0.384 e. The minimum atomic E-state index is -1.28. The van der Waals surface area contributed by atoms with E-state index in [0.717, 1.165) is 6.07 Å². The van der Waals surface area contributed by atoms with E-state index in [1.165, 1.54) is 47.1 Å². The Morgan fingerprint density at radius 2 is 1.89 bits per heavy atom. The first kappa shape index (κ1) is 23.3. The predicted molar refractivity (Wildman–Crippen MR) is 126 cm³/mol. The summed E-state index contributed by atoms with van der Waals surface area (Å²) < 4.78 is 15.9. The van der Waals surface area contributed by atoms with Gasteiger partial charge in [-0.05, 0) is 48.4 Å². The summed E-state index contributed by atoms with van der Waals surface area (Å²) in [5, 5.41) is 28.6. The summed E-state index contributed by atoms with van der Waals surface area (Å²) in [5.41, 5.74) is 1.63. The number of anilines is 1. The molecule has 0 radical (unpaired) electrons. The number of aryl methyl sites for hydroxylation is 1. The predicted octanol–water partition coefficient (Wildman–Crippen LogP) is 5.11. The van der Waals surface area contributed by atoms with Crippen LogP contribution in [0.2, 0.25) is 0 Å². The Kier molecular flexibility index (Phi) is 6.35. The summed E-state index contributed by atoms with van der Waals surface area (Å²) in [5.74, 6) is -1.38. The number of hydrogen-bond acceptors (Lipinski definition) is 5. The molecule has 3 aromatic carbocycles. The zero-order chi connectivity index (χ0) is 25.1. The van der Waals surface area contributed by atoms with Crippen molar-refractivity contribution in [3.05, 3.63) is 123 Å². The SMILES string of the molecule is [C-]#[N+]c1cccc(-n2nc(C)cc2C(=O)Nc2cc(C(O)c3cccc([N+](=O)[O-])c3)ccc2F)c1. The second-order valence-corrected chi connectivity index (χ2v) is 7.66. The van der Waals surface area contributed by atoms with Gasteiger partial charge in [-0.15, -0.1) is 0 Å². The van der Waals surface area contributed by atoms with Crippen LogP contribution < -0.4 is 5.32 Å². The number of carbonyl (C=O) groups excluding carboxylic acids is 1. The van der Waals surface area contributed by atoms with Crippen LogP contribution in [-0.2, 0) is 0 Å². The van der Waals surface area contributed by atoms with E-state index in [0.29, 0.717) is 17.1 Å². The zero-order valence-corrected chi connectivity index (χ0v) is 18.3. The summed E-state index contributed by atoms with van der Waals surface area (Å²) in [4.78, 5) is 26.9. The number of nitrogens with zero attached hydrogens (tertiary/aromatic N) is 4. The van der Waals surface area contributed by atoms with E-state index < -0.39 is 22.8 Å². The first-order valence-corrected chi connectivity index (χ1v) is 10.3. The second-order valence-electron chi connectivity index (χ2n) is 7.66. The number of nitrogens with one attached hydrogen (secondary N) is 1. The molecule has 0 fully saturated rings. The molecule has 4 rings (SSSR count). The first-order valence-electron chi connectivity index (χ1n) is 10.3. The molecule has 9 nitrogen and oxygen atoms in total. The van der Waals surface area contributed by atoms with Gasteiger partial charge in [0.1, 0.15) is 17.6 Å². The fourth-order valence-electron chi connectivity index (χ4n) is 3.55. The highest BCUT2D eigenvalue weighted by Crippen LogP contribution is 2.28. The lowest BCUT2D eigenvalue weighted by Crippen LogP contribution is -2.18. The Morgan fingerprint density at radius 3 is 2.63 bits per heavy atom. The normalized spacial score (nSPS) is 11.5. The van der Waals surface area contributed by atoms with Crippen LogP contribution in [0.15, 0.2) is 72.8 Å². The Bertz CT molecular complexity index is 1490. The Hall–Kier alpha value is -4.88. The molecule has 1 unspecified atom stereocenters. The highest BCUT2D eigenvalue weighted by Gasteiger charge is 2.20. The van der Waals surface area contributed by atoms with Gasteiger partial charge in [-0.25, -0.2) is 13.9 Å². The number of non-ortho nitro benzene ring substituents is 1. The van der Waals surface area contributed by atoms with Crippen LogP contribution in [0.25, 0.3) is 10.5 Å². The molecule has 174 valence electrons. The number of hydrogen-bond donors (Lipinski definition) is 2. The van der Waals surface area contributed by atoms with Gasteiger partial charge in [0.05, 0.1) is 28.6 Å². The van der Waals surface area contributed by atoms with E-state index in [9.17, 15) is 24.4 Å². The molecule has 0 saturated heterocycles. The summed E-state index contributed by atoms with van der Waals surface area (Å²) in [6.45, 7) is 8.89. The van der Waals surface area contributed by atoms with E-state index in [2.05, 4.69) is 15.3 Å². The van der Waals surface area contributed by atoms with Crippen LogP contribution in [-0.4, -0.2) is 25.7 Å². The van der Waals surface area contributed by atoms with Crippen molar-refractivity contribution in [1.82, 2.24) is 9.78 Å². The molecule has 0 aliphatic rings. The van der Waals surface area contributed by atoms with Gasteiger partial charge in [-0.3, -0.25) is 14.9 Å². The second kappa shape index (κ2) is 9.54. The average Bonchev–Trinajstić information content (AvgIpc) is 3.27. The molecule has 2 N–H and O–H groups in total. The number of aliphatic hydroxyl groups is 1. The molecule has 0 bridgehead atoms. The molecule has 0 spiro atoms. The molecule has 35 heavy (non-hydrogen) atoms. The highest BCUT2D eigenvalue weighted by atomic mass is 19.1. The number of benzene rings is 3. The van der Waals surface area contributed by atoms with E-state index in [1.807, 2.05) is 0 Å². The lowest BCUT2D eigenvalue weighted by Gasteiger charge is -2.14. The maximum absolute atomic E-state index is 14.6. The van der Waals surface area contributed by atoms with Crippen LogP contribution in [0.5, 0.6) is 0 Å². The molecule has 0 saturated carbocycles. The number of aliphatic hydroxyl groups excluding tert-OH is 1. The molecule has 1 aromatic heterocycles. The maximum Gasteiger partial charge on any atom is 0.274 e. The highest BCUT2D eigenvalue weighted by molar-refractivity contribution is 6.03. The average molecular weight is 471 g/mol. The van der Waals surface area contributed by atoms with Gasteiger partial charge in [0.25, 0.3) is 11.6 Å². The lowest BCUT2D eigenvalue weighted by molar-refractivity contribution is -0.385. The fourth-order valence-corrected chi connectivity index (χ4v) is 3.55. The van der Waals surface area contributed by atoms with Gasteiger partial charge in [-0.2, -0.15) is 5.10 Å². The van der Waals surface area contributed by atoms with E-state index in [1.54, 1.807) is 31.2 Å². The number of carbonyl (C=O) groups is 1. The third-order valence-electron chi connectivity index (χ3n) is 5.22. The summed E-state index contributed by atoms with van der Waals surface area (Å²) in [6.07, 6.45) is -1.28. The van der Waals surface area contributed by atoms with Crippen LogP contribution in [0.1, 0.15) is 33.4 Å². The Morgan fingerprint density at radius 1 is 1.14 bits per heavy atom. The molecule has 10 heteroatoms. The van der Waals surface area contributed by atoms with Gasteiger partial charge in [0, 0.05) is 12.1 Å². The lowest BCUT2D eigenvalue weighted by atomic mass is 10.0. The molecule has 0 aliphatic carbocycles. The van der Waals surface area contributed by atoms with Crippen molar-refractivity contribution in [3.8, 4) is 5.69 Å². The van der Waals surface area contributed by atoms with Crippen molar-refractivity contribution in [2.45, 2.75) is 13.0 Å². The standard InChI is InChI=1S/C25H18FN5O4/c1-15-11-23(30(29-15)19-7-4-6-18(14-19)27-2)25(33)28-22-13-17(9-10-21(22)26)24(32)16-5-3-8-20(12-16)31(34)35/h3-14,24,32H,1H3,(H,28,33). The van der Waals surface area contributed by atoms with Gasteiger partial charge >= 0.3 is 0 Å². The van der Waals surface area contributed by atoms with Crippen molar-refractivity contribution in [3.63, 3.8) is 0 Å². The van der Waals surface area contributed by atoms with Crippen LogP contribution >= 0.6 is 0 Å². The van der Waals surface area contributed by atoms with Crippen molar-refractivity contribution in [1.29, 1.82) is 0 Å². The molecule has 1 amide bonds. The van der Waals surface area contributed by atoms with Crippen molar-refractivity contribution in [2.75, 3.05) is 5.32 Å². The quantitative estimate of drug-likeness (QED) is 0.230. The first-order chi connectivity index (χ1) is 16.8. The van der Waals surface area contributed by atoms with Crippen LogP contribution in [0.3, 0.4) is 0 Å². The number of rotatable bonds is 6. The van der Waals surface area contributed by atoms with Crippen molar-refractivity contribution in [2.24, 2.45) is 0 Å². The molecule has 0 aliphatic heterocycles. The molecule has 1 atom stereocenters. The smallest absolute Gasteiger partial charge is 0.274 e. The monoisotopic (exact) mass is 471 g/mol. The zero-order valence-electron chi connectivity index (χ0n) is 18.3. The van der Waals surface area contributed by atoms with E-state index in [4.69, 9.17) is 6.57 Å². The number of nitro groups is 1. The molecular weight excluding hydrogens is 453 g/mol. The number of aromatic nitrogens is 2. The number of nitro benzene ring substituents is 1. The van der Waals surface area contributed by atoms with Gasteiger partial charge < -0.3 is 10.4 Å². The minimum absolute atomic E-state index is 0.119. The van der Waals surface area contributed by atoms with E-state index in [-0.39, 0.29) is 28.2 Å². The Labute approximate surface area is 199 Å². The van der Waals surface area contributed by atoms with Gasteiger partial charge in [0.15, 0.2) is 5.69 Å². The van der Waals surface area contributed by atoms with Crippen molar-refractivity contribution >= 4 is 23.0 Å². The van der Waals surface area contributed by atoms with Gasteiger partial charge in [0.2, 0.25) is 0 Å². The third-order valence-corrected chi connectivity index (χ3v) is 5.22. The summed E-state index contributed by atoms with van der Waals surface area (Å²) >= 11 is 0. The summed E-state index contributed by atoms with van der Waals surface area (Å²) in [6, 6.07) is 17.3. The van der Waals surface area contributed by atoms with Crippen molar-refractivity contribution < 1.29 is 19.2 Å². The Balaban J connectivity index is 1.64. The number of halogens is 1. The molecule has 1 heterocycles. The topological polar surface area (TPSA) is 115 Å². The maximum atomic E-state index is 14.6. The van der Waals surface area contributed by atoms with E-state index >= 15 is 0 Å². The van der Waals surface area contributed by atoms with Crippen LogP contribution in [0.4, 0.5) is 21.5 Å². The number of amides is 1. The largest absolute Gasteiger partial charge is 0.384 e. The fraction of sp³-hybridized carbons (Fsp3) is 0.0800. The molecule has 4 aromatic rings. The third kappa shape index (κ3) is 4.90. The van der Waals surface area contributed by atoms with Crippen LogP contribution in [0, 0.1) is 29.4 Å².